The number of para-hydroxylation sites is 1. The number of anilines is 1. The van der Waals surface area contributed by atoms with Gasteiger partial charge in [-0.15, -0.1) is 0 Å². The first-order chi connectivity index (χ1) is 21.1. The highest BCUT2D eigenvalue weighted by Crippen LogP contribution is 2.43. The number of halogens is 1. The van der Waals surface area contributed by atoms with Crippen LogP contribution < -0.4 is 5.32 Å². The van der Waals surface area contributed by atoms with Crippen LogP contribution in [0.5, 0.6) is 0 Å². The fourth-order valence-corrected chi connectivity index (χ4v) is 5.92. The molecule has 0 spiro atoms. The van der Waals surface area contributed by atoms with Gasteiger partial charge in [0.25, 0.3) is 5.91 Å². The molecule has 1 saturated heterocycles. The van der Waals surface area contributed by atoms with Gasteiger partial charge in [-0.3, -0.25) is 9.59 Å². The van der Waals surface area contributed by atoms with Crippen LogP contribution in [0.4, 0.5) is 10.1 Å². The average molecular weight is 599 g/mol. The summed E-state index contributed by atoms with van der Waals surface area (Å²) in [4.78, 5) is 26.2. The SMILES string of the molecule is CC(C)c1c(C(=O)Nc2ccccc2)c(-c2ccccc2)c(-c2ccc(F)cc2)n1CCC1CC(C(C)(C)C(=O)O)OCO1. The van der Waals surface area contributed by atoms with Crippen molar-refractivity contribution in [1.82, 2.24) is 4.57 Å². The first-order valence-electron chi connectivity index (χ1n) is 15.0. The van der Waals surface area contributed by atoms with Crippen LogP contribution in [0.3, 0.4) is 0 Å². The summed E-state index contributed by atoms with van der Waals surface area (Å²) in [6.45, 7) is 7.96. The predicted octanol–water partition coefficient (Wildman–Crippen LogP) is 7.97. The topological polar surface area (TPSA) is 89.8 Å². The number of rotatable bonds is 10. The van der Waals surface area contributed by atoms with Gasteiger partial charge in [-0.2, -0.15) is 0 Å². The van der Waals surface area contributed by atoms with E-state index in [0.29, 0.717) is 30.6 Å². The first-order valence-corrected chi connectivity index (χ1v) is 15.0. The summed E-state index contributed by atoms with van der Waals surface area (Å²) in [5.74, 6) is -1.54. The highest BCUT2D eigenvalue weighted by atomic mass is 19.1. The van der Waals surface area contributed by atoms with Crippen LogP contribution in [0.15, 0.2) is 84.9 Å². The largest absolute Gasteiger partial charge is 0.481 e. The van der Waals surface area contributed by atoms with Crippen LogP contribution in [0.25, 0.3) is 22.4 Å². The van der Waals surface area contributed by atoms with Gasteiger partial charge >= 0.3 is 5.97 Å². The van der Waals surface area contributed by atoms with Crippen LogP contribution in [-0.4, -0.2) is 40.6 Å². The quantitative estimate of drug-likeness (QED) is 0.193. The number of nitrogens with zero attached hydrogens (tertiary/aromatic N) is 1. The van der Waals surface area contributed by atoms with E-state index in [9.17, 15) is 19.1 Å². The zero-order valence-electron chi connectivity index (χ0n) is 25.5. The van der Waals surface area contributed by atoms with E-state index in [1.54, 1.807) is 26.0 Å². The van der Waals surface area contributed by atoms with Crippen LogP contribution in [0, 0.1) is 11.2 Å². The third kappa shape index (κ3) is 6.47. The number of aliphatic carboxylic acids is 1. The summed E-state index contributed by atoms with van der Waals surface area (Å²) in [5, 5.41) is 12.9. The number of aromatic nitrogens is 1. The van der Waals surface area contributed by atoms with Gasteiger partial charge in [0.05, 0.1) is 28.9 Å². The second kappa shape index (κ2) is 13.2. The molecule has 0 saturated carbocycles. The molecule has 0 aliphatic carbocycles. The van der Waals surface area contributed by atoms with Gasteiger partial charge in [0.1, 0.15) is 12.6 Å². The Balaban J connectivity index is 1.64. The Morgan fingerprint density at radius 1 is 0.955 bits per heavy atom. The van der Waals surface area contributed by atoms with Crippen molar-refractivity contribution in [3.8, 4) is 22.4 Å². The van der Waals surface area contributed by atoms with Gasteiger partial charge in [0, 0.05) is 29.9 Å². The van der Waals surface area contributed by atoms with Crippen LogP contribution in [0.1, 0.15) is 62.5 Å². The van der Waals surface area contributed by atoms with Gasteiger partial charge in [-0.05, 0) is 73.7 Å². The van der Waals surface area contributed by atoms with Gasteiger partial charge in [0.15, 0.2) is 0 Å². The molecule has 1 aliphatic heterocycles. The summed E-state index contributed by atoms with van der Waals surface area (Å²) < 4.78 is 28.0. The number of carbonyl (C=O) groups is 2. The minimum atomic E-state index is -1.07. The molecule has 2 heterocycles. The molecule has 2 N–H and O–H groups in total. The number of nitrogens with one attached hydrogen (secondary N) is 1. The molecule has 1 aromatic heterocycles. The van der Waals surface area contributed by atoms with Crippen molar-refractivity contribution >= 4 is 17.6 Å². The monoisotopic (exact) mass is 598 g/mol. The van der Waals surface area contributed by atoms with Crippen molar-refractivity contribution in [2.45, 2.75) is 65.2 Å². The number of carbonyl (C=O) groups excluding carboxylic acids is 1. The van der Waals surface area contributed by atoms with E-state index >= 15 is 0 Å². The maximum Gasteiger partial charge on any atom is 0.311 e. The number of amides is 1. The predicted molar refractivity (Wildman–Crippen MR) is 169 cm³/mol. The summed E-state index contributed by atoms with van der Waals surface area (Å²) in [6.07, 6.45) is 0.233. The van der Waals surface area contributed by atoms with Gasteiger partial charge in [-0.1, -0.05) is 62.4 Å². The van der Waals surface area contributed by atoms with Crippen molar-refractivity contribution < 1.29 is 28.6 Å². The molecule has 3 aromatic carbocycles. The average Bonchev–Trinajstić information content (AvgIpc) is 3.37. The summed E-state index contributed by atoms with van der Waals surface area (Å²) in [6, 6.07) is 25.5. The van der Waals surface area contributed by atoms with E-state index in [2.05, 4.69) is 23.7 Å². The Labute approximate surface area is 257 Å². The van der Waals surface area contributed by atoms with Gasteiger partial charge in [-0.25, -0.2) is 4.39 Å². The molecule has 1 aliphatic rings. The Morgan fingerprint density at radius 2 is 1.59 bits per heavy atom. The molecule has 0 bridgehead atoms. The minimum Gasteiger partial charge on any atom is -0.481 e. The second-order valence-corrected chi connectivity index (χ2v) is 12.1. The van der Waals surface area contributed by atoms with Gasteiger partial charge in [0.2, 0.25) is 0 Å². The number of hydrogen-bond acceptors (Lipinski definition) is 4. The smallest absolute Gasteiger partial charge is 0.311 e. The van der Waals surface area contributed by atoms with E-state index in [1.165, 1.54) is 12.1 Å². The number of carboxylic acids is 1. The Morgan fingerprint density at radius 3 is 2.20 bits per heavy atom. The highest BCUT2D eigenvalue weighted by molar-refractivity contribution is 6.12. The zero-order chi connectivity index (χ0) is 31.4. The number of hydrogen-bond donors (Lipinski definition) is 2. The molecule has 0 radical (unpaired) electrons. The van der Waals surface area contributed by atoms with Crippen molar-refractivity contribution in [2.75, 3.05) is 12.1 Å². The third-order valence-electron chi connectivity index (χ3n) is 8.37. The van der Waals surface area contributed by atoms with Gasteiger partial charge < -0.3 is 24.5 Å². The Hall–Kier alpha value is -4.27. The minimum absolute atomic E-state index is 0.0135. The molecule has 4 aromatic rings. The molecular formula is C36H39FN2O5. The van der Waals surface area contributed by atoms with Crippen molar-refractivity contribution in [1.29, 1.82) is 0 Å². The van der Waals surface area contributed by atoms with Crippen LogP contribution in [-0.2, 0) is 20.8 Å². The Bertz CT molecular complexity index is 1600. The molecule has 5 rings (SSSR count). The van der Waals surface area contributed by atoms with E-state index in [4.69, 9.17) is 9.47 Å². The molecule has 44 heavy (non-hydrogen) atoms. The van der Waals surface area contributed by atoms with E-state index in [0.717, 1.165) is 28.1 Å². The third-order valence-corrected chi connectivity index (χ3v) is 8.37. The second-order valence-electron chi connectivity index (χ2n) is 12.1. The van der Waals surface area contributed by atoms with E-state index in [-0.39, 0.29) is 30.5 Å². The van der Waals surface area contributed by atoms with Crippen molar-refractivity contribution in [3.05, 3.63) is 102 Å². The lowest BCUT2D eigenvalue weighted by atomic mass is 9.83. The molecule has 7 nitrogen and oxygen atoms in total. The van der Waals surface area contributed by atoms with Crippen molar-refractivity contribution in [3.63, 3.8) is 0 Å². The first kappa shape index (κ1) is 31.2. The summed E-state index contributed by atoms with van der Waals surface area (Å²) in [7, 11) is 0. The standard InChI is InChI=1S/C36H39FN2O5/c1-23(2)32-31(34(40)38-27-13-9-6-10-14-27)30(24-11-7-5-8-12-24)33(25-15-17-26(37)18-16-25)39(32)20-19-28-21-29(44-22-43-28)36(3,4)35(41)42/h5-18,23,28-29H,19-22H2,1-4H3,(H,38,40)(H,41,42). The summed E-state index contributed by atoms with van der Waals surface area (Å²) >= 11 is 0. The fraction of sp³-hybridized carbons (Fsp3) is 0.333. The maximum atomic E-state index is 14.2. The fourth-order valence-electron chi connectivity index (χ4n) is 5.92. The van der Waals surface area contributed by atoms with E-state index in [1.807, 2.05) is 60.7 Å². The van der Waals surface area contributed by atoms with E-state index < -0.39 is 17.5 Å². The van der Waals surface area contributed by atoms with Crippen LogP contribution in [0.2, 0.25) is 0 Å². The summed E-state index contributed by atoms with van der Waals surface area (Å²) in [5.41, 5.74) is 4.27. The molecule has 2 atom stereocenters. The lowest BCUT2D eigenvalue weighted by Gasteiger charge is -2.37. The molecule has 1 amide bonds. The maximum absolute atomic E-state index is 14.2. The molecule has 230 valence electrons. The number of carboxylic acid groups (broad SMARTS) is 1. The molecule has 8 heteroatoms. The lowest BCUT2D eigenvalue weighted by Crippen LogP contribution is -2.45. The normalized spacial score (nSPS) is 17.0. The number of benzene rings is 3. The molecular weight excluding hydrogens is 559 g/mol. The lowest BCUT2D eigenvalue weighted by molar-refractivity contribution is -0.210. The van der Waals surface area contributed by atoms with Crippen molar-refractivity contribution in [2.24, 2.45) is 5.41 Å². The number of ether oxygens (including phenoxy) is 2. The highest BCUT2D eigenvalue weighted by Gasteiger charge is 2.41. The Kier molecular flexibility index (Phi) is 9.32. The van der Waals surface area contributed by atoms with Crippen LogP contribution >= 0.6 is 0 Å². The molecule has 2 unspecified atom stereocenters. The molecule has 1 fully saturated rings. The zero-order valence-corrected chi connectivity index (χ0v) is 25.5.